The molecule has 0 bridgehead atoms. The van der Waals surface area contributed by atoms with Crippen molar-refractivity contribution in [1.29, 1.82) is 0 Å². The van der Waals surface area contributed by atoms with Crippen molar-refractivity contribution in [3.8, 4) is 0 Å². The van der Waals surface area contributed by atoms with E-state index < -0.39 is 0 Å². The van der Waals surface area contributed by atoms with Gasteiger partial charge in [-0.25, -0.2) is 0 Å². The molecular formula is C18H23NS. The van der Waals surface area contributed by atoms with E-state index in [-0.39, 0.29) is 6.04 Å². The van der Waals surface area contributed by atoms with Crippen molar-refractivity contribution in [3.63, 3.8) is 0 Å². The standard InChI is InChI=1S/C18H23NS/c1-4-18(19)16-5-7-17(8-6-16)20-12-15-10-13(2)9-14(3)11-15/h5-11,18H,4,12,19H2,1-3H3. The fourth-order valence-electron chi connectivity index (χ4n) is 2.37. The molecule has 0 heterocycles. The molecule has 0 fully saturated rings. The molecule has 0 saturated carbocycles. The smallest absolute Gasteiger partial charge is 0.0292 e. The zero-order chi connectivity index (χ0) is 14.5. The number of hydrogen-bond acceptors (Lipinski definition) is 2. The summed E-state index contributed by atoms with van der Waals surface area (Å²) < 4.78 is 0. The second-order valence-corrected chi connectivity index (χ2v) is 6.42. The summed E-state index contributed by atoms with van der Waals surface area (Å²) in [7, 11) is 0. The van der Waals surface area contributed by atoms with Gasteiger partial charge in [-0.2, -0.15) is 0 Å². The van der Waals surface area contributed by atoms with Gasteiger partial charge in [0.15, 0.2) is 0 Å². The van der Waals surface area contributed by atoms with E-state index in [1.807, 2.05) is 11.8 Å². The molecule has 1 atom stereocenters. The summed E-state index contributed by atoms with van der Waals surface area (Å²) in [6, 6.07) is 15.6. The van der Waals surface area contributed by atoms with Gasteiger partial charge in [-0.05, 0) is 43.5 Å². The van der Waals surface area contributed by atoms with E-state index in [0.717, 1.165) is 12.2 Å². The summed E-state index contributed by atoms with van der Waals surface area (Å²) in [6.07, 6.45) is 0.981. The molecular weight excluding hydrogens is 262 g/mol. The van der Waals surface area contributed by atoms with E-state index >= 15 is 0 Å². The highest BCUT2D eigenvalue weighted by atomic mass is 32.2. The molecule has 0 aliphatic carbocycles. The summed E-state index contributed by atoms with van der Waals surface area (Å²) in [4.78, 5) is 1.30. The largest absolute Gasteiger partial charge is 0.324 e. The maximum atomic E-state index is 6.04. The van der Waals surface area contributed by atoms with E-state index in [0.29, 0.717) is 0 Å². The Balaban J connectivity index is 2.00. The highest BCUT2D eigenvalue weighted by Gasteiger charge is 2.03. The predicted molar refractivity (Wildman–Crippen MR) is 89.1 cm³/mol. The van der Waals surface area contributed by atoms with Crippen molar-refractivity contribution >= 4 is 11.8 Å². The highest BCUT2D eigenvalue weighted by molar-refractivity contribution is 7.98. The summed E-state index contributed by atoms with van der Waals surface area (Å²) in [5, 5.41) is 0. The van der Waals surface area contributed by atoms with Crippen LogP contribution in [0.25, 0.3) is 0 Å². The van der Waals surface area contributed by atoms with E-state index in [1.165, 1.54) is 27.1 Å². The van der Waals surface area contributed by atoms with Crippen molar-refractivity contribution in [1.82, 2.24) is 0 Å². The van der Waals surface area contributed by atoms with Crippen LogP contribution in [0, 0.1) is 13.8 Å². The molecule has 1 nitrogen and oxygen atoms in total. The van der Waals surface area contributed by atoms with E-state index in [1.54, 1.807) is 0 Å². The molecule has 0 aliphatic rings. The maximum Gasteiger partial charge on any atom is 0.0292 e. The molecule has 2 rings (SSSR count). The van der Waals surface area contributed by atoms with Crippen LogP contribution in [0.2, 0.25) is 0 Å². The predicted octanol–water partition coefficient (Wildman–Crippen LogP) is 5.01. The number of benzene rings is 2. The lowest BCUT2D eigenvalue weighted by atomic mass is 10.1. The molecule has 2 N–H and O–H groups in total. The summed E-state index contributed by atoms with van der Waals surface area (Å²) in [5.41, 5.74) is 11.3. The second-order valence-electron chi connectivity index (χ2n) is 5.37. The van der Waals surface area contributed by atoms with Crippen LogP contribution >= 0.6 is 11.8 Å². The molecule has 0 aliphatic heterocycles. The Morgan fingerprint density at radius 2 is 1.60 bits per heavy atom. The summed E-state index contributed by atoms with van der Waals surface area (Å²) in [6.45, 7) is 6.43. The molecule has 2 aromatic carbocycles. The number of nitrogens with two attached hydrogens (primary N) is 1. The average molecular weight is 285 g/mol. The van der Waals surface area contributed by atoms with Crippen molar-refractivity contribution in [2.75, 3.05) is 0 Å². The quantitative estimate of drug-likeness (QED) is 0.782. The van der Waals surface area contributed by atoms with Crippen LogP contribution in [0.1, 0.15) is 41.6 Å². The first kappa shape index (κ1) is 15.1. The average Bonchev–Trinajstić information content (AvgIpc) is 2.44. The lowest BCUT2D eigenvalue weighted by Gasteiger charge is -2.10. The van der Waals surface area contributed by atoms with Gasteiger partial charge in [-0.3, -0.25) is 0 Å². The fourth-order valence-corrected chi connectivity index (χ4v) is 3.19. The van der Waals surface area contributed by atoms with Crippen LogP contribution < -0.4 is 5.73 Å². The Bertz CT molecular complexity index is 540. The van der Waals surface area contributed by atoms with E-state index in [9.17, 15) is 0 Å². The molecule has 0 amide bonds. The first-order valence-corrected chi connectivity index (χ1v) is 8.12. The van der Waals surface area contributed by atoms with Gasteiger partial charge in [-0.1, -0.05) is 48.4 Å². The highest BCUT2D eigenvalue weighted by Crippen LogP contribution is 2.25. The zero-order valence-corrected chi connectivity index (χ0v) is 13.3. The van der Waals surface area contributed by atoms with Crippen molar-refractivity contribution in [2.24, 2.45) is 5.73 Å². The molecule has 0 radical (unpaired) electrons. The SMILES string of the molecule is CCC(N)c1ccc(SCc2cc(C)cc(C)c2)cc1. The second kappa shape index (κ2) is 6.96. The van der Waals surface area contributed by atoms with Gasteiger partial charge >= 0.3 is 0 Å². The van der Waals surface area contributed by atoms with Crippen molar-refractivity contribution in [3.05, 3.63) is 64.7 Å². The lowest BCUT2D eigenvalue weighted by Crippen LogP contribution is -2.07. The third-order valence-electron chi connectivity index (χ3n) is 3.44. The molecule has 1 unspecified atom stereocenters. The Hall–Kier alpha value is -1.25. The summed E-state index contributed by atoms with van der Waals surface area (Å²) >= 11 is 1.88. The number of aryl methyl sites for hydroxylation is 2. The maximum absolute atomic E-state index is 6.04. The Labute approximate surface area is 126 Å². The third-order valence-corrected chi connectivity index (χ3v) is 4.52. The molecule has 0 saturated heterocycles. The first-order chi connectivity index (χ1) is 9.58. The van der Waals surface area contributed by atoms with Gasteiger partial charge in [0, 0.05) is 16.7 Å². The molecule has 2 aromatic rings. The summed E-state index contributed by atoms with van der Waals surface area (Å²) in [5.74, 6) is 1.02. The molecule has 20 heavy (non-hydrogen) atoms. The Morgan fingerprint density at radius 1 is 1.00 bits per heavy atom. The molecule has 106 valence electrons. The topological polar surface area (TPSA) is 26.0 Å². The lowest BCUT2D eigenvalue weighted by molar-refractivity contribution is 0.698. The third kappa shape index (κ3) is 4.12. The van der Waals surface area contributed by atoms with Crippen molar-refractivity contribution < 1.29 is 0 Å². The fraction of sp³-hybridized carbons (Fsp3) is 0.333. The van der Waals surface area contributed by atoms with Crippen LogP contribution in [0.5, 0.6) is 0 Å². The van der Waals surface area contributed by atoms with Gasteiger partial charge < -0.3 is 5.73 Å². The molecule has 0 aromatic heterocycles. The molecule has 0 spiro atoms. The zero-order valence-electron chi connectivity index (χ0n) is 12.5. The molecule has 2 heteroatoms. The minimum Gasteiger partial charge on any atom is -0.324 e. The van der Waals surface area contributed by atoms with Crippen LogP contribution in [-0.4, -0.2) is 0 Å². The Kier molecular flexibility index (Phi) is 5.27. The van der Waals surface area contributed by atoms with E-state index in [4.69, 9.17) is 5.73 Å². The van der Waals surface area contributed by atoms with Crippen LogP contribution in [0.3, 0.4) is 0 Å². The monoisotopic (exact) mass is 285 g/mol. The van der Waals surface area contributed by atoms with Gasteiger partial charge in [0.05, 0.1) is 0 Å². The minimum absolute atomic E-state index is 0.161. The Morgan fingerprint density at radius 3 is 2.15 bits per heavy atom. The van der Waals surface area contributed by atoms with Crippen LogP contribution in [0.4, 0.5) is 0 Å². The van der Waals surface area contributed by atoms with E-state index in [2.05, 4.69) is 63.2 Å². The first-order valence-electron chi connectivity index (χ1n) is 7.14. The number of rotatable bonds is 5. The van der Waals surface area contributed by atoms with Gasteiger partial charge in [-0.15, -0.1) is 11.8 Å². The number of hydrogen-bond donors (Lipinski definition) is 1. The normalized spacial score (nSPS) is 12.4. The van der Waals surface area contributed by atoms with Crippen LogP contribution in [-0.2, 0) is 5.75 Å². The minimum atomic E-state index is 0.161. The van der Waals surface area contributed by atoms with Gasteiger partial charge in [0.2, 0.25) is 0 Å². The number of thioether (sulfide) groups is 1. The van der Waals surface area contributed by atoms with Gasteiger partial charge in [0.1, 0.15) is 0 Å². The van der Waals surface area contributed by atoms with Crippen LogP contribution in [0.15, 0.2) is 47.4 Å². The van der Waals surface area contributed by atoms with Crippen molar-refractivity contribution in [2.45, 2.75) is 43.9 Å². The van der Waals surface area contributed by atoms with Gasteiger partial charge in [0.25, 0.3) is 0 Å².